The van der Waals surface area contributed by atoms with Gasteiger partial charge in [-0.3, -0.25) is 4.79 Å². The molecule has 8 heteroatoms. The minimum absolute atomic E-state index is 0.161. The summed E-state index contributed by atoms with van der Waals surface area (Å²) in [7, 11) is 0. The van der Waals surface area contributed by atoms with Crippen LogP contribution in [0.25, 0.3) is 11.4 Å². The van der Waals surface area contributed by atoms with E-state index in [0.29, 0.717) is 11.8 Å². The summed E-state index contributed by atoms with van der Waals surface area (Å²) >= 11 is 1.50. The predicted molar refractivity (Wildman–Crippen MR) is 130 cm³/mol. The summed E-state index contributed by atoms with van der Waals surface area (Å²) in [6.45, 7) is 5.56. The van der Waals surface area contributed by atoms with E-state index in [2.05, 4.69) is 27.4 Å². The van der Waals surface area contributed by atoms with Crippen molar-refractivity contribution in [2.75, 3.05) is 18.6 Å². The van der Waals surface area contributed by atoms with E-state index in [4.69, 9.17) is 4.74 Å². The molecule has 5 rings (SSSR count). The Morgan fingerprint density at radius 2 is 1.91 bits per heavy atom. The van der Waals surface area contributed by atoms with Crippen LogP contribution in [0.1, 0.15) is 44.7 Å². The predicted octanol–water partition coefficient (Wildman–Crippen LogP) is 4.50. The summed E-state index contributed by atoms with van der Waals surface area (Å²) in [5, 5.41) is 9.24. The Labute approximate surface area is 198 Å². The number of amides is 1. The molecule has 3 aromatic rings. The van der Waals surface area contributed by atoms with Crippen LogP contribution < -0.4 is 10.2 Å². The molecule has 2 aromatic carbocycles. The number of thioether (sulfide) groups is 1. The molecule has 1 fully saturated rings. The number of benzene rings is 2. The van der Waals surface area contributed by atoms with Gasteiger partial charge in [0.2, 0.25) is 11.1 Å². The minimum atomic E-state index is -0.330. The fourth-order valence-corrected chi connectivity index (χ4v) is 5.74. The van der Waals surface area contributed by atoms with Gasteiger partial charge in [-0.05, 0) is 50.8 Å². The van der Waals surface area contributed by atoms with Gasteiger partial charge < -0.3 is 15.1 Å². The largest absolute Gasteiger partial charge is 0.494 e. The highest BCUT2D eigenvalue weighted by atomic mass is 32.2. The molecular weight excluding hydrogens is 434 g/mol. The lowest BCUT2D eigenvalue weighted by Gasteiger charge is -2.39. The Morgan fingerprint density at radius 1 is 1.12 bits per heavy atom. The third-order valence-corrected chi connectivity index (χ3v) is 7.55. The van der Waals surface area contributed by atoms with Crippen LogP contribution in [0.5, 0.6) is 5.75 Å². The fourth-order valence-electron chi connectivity index (χ4n) is 4.59. The van der Waals surface area contributed by atoms with E-state index in [-0.39, 0.29) is 23.2 Å². The lowest BCUT2D eigenvalue weighted by molar-refractivity contribution is -0.134. The Balaban J connectivity index is 1.51. The van der Waals surface area contributed by atoms with Crippen LogP contribution in [0.2, 0.25) is 0 Å². The number of piperidine rings is 1. The topological polar surface area (TPSA) is 72.3 Å². The van der Waals surface area contributed by atoms with Crippen LogP contribution in [0.4, 0.5) is 0 Å². The van der Waals surface area contributed by atoms with Gasteiger partial charge in [-0.1, -0.05) is 54.2 Å². The summed E-state index contributed by atoms with van der Waals surface area (Å²) in [6, 6.07) is 18.0. The molecule has 0 radical (unpaired) electrons. The highest BCUT2D eigenvalue weighted by molar-refractivity contribution is 8.00. The SMILES string of the molecule is CCOc1ccc([C@@H]2Nn3c(nnc3-c3ccccc3)S[C@H]2C(=O)N2CCCC[C@H]2C)cc1. The molecule has 33 heavy (non-hydrogen) atoms. The van der Waals surface area contributed by atoms with E-state index >= 15 is 0 Å². The van der Waals surface area contributed by atoms with Crippen molar-refractivity contribution in [2.45, 2.75) is 55.6 Å². The number of nitrogens with zero attached hydrogens (tertiary/aromatic N) is 4. The number of hydrogen-bond acceptors (Lipinski definition) is 6. The molecule has 1 saturated heterocycles. The van der Waals surface area contributed by atoms with Gasteiger partial charge in [0.25, 0.3) is 0 Å². The zero-order valence-corrected chi connectivity index (χ0v) is 19.8. The van der Waals surface area contributed by atoms with Crippen LogP contribution >= 0.6 is 11.8 Å². The molecule has 2 aliphatic rings. The molecule has 1 amide bonds. The molecule has 1 N–H and O–H groups in total. The average molecular weight is 464 g/mol. The Bertz CT molecular complexity index is 1100. The maximum absolute atomic E-state index is 13.8. The van der Waals surface area contributed by atoms with Crippen LogP contribution in [-0.2, 0) is 4.79 Å². The van der Waals surface area contributed by atoms with Gasteiger partial charge in [0.05, 0.1) is 12.6 Å². The highest BCUT2D eigenvalue weighted by Gasteiger charge is 2.41. The van der Waals surface area contributed by atoms with Crippen molar-refractivity contribution in [1.29, 1.82) is 0 Å². The lowest BCUT2D eigenvalue weighted by atomic mass is 9.99. The van der Waals surface area contributed by atoms with Gasteiger partial charge in [-0.2, -0.15) is 0 Å². The molecule has 0 spiro atoms. The number of carbonyl (C=O) groups excluding carboxylic acids is 1. The number of nitrogens with one attached hydrogen (secondary N) is 1. The molecule has 3 heterocycles. The lowest BCUT2D eigenvalue weighted by Crippen LogP contribution is -2.50. The summed E-state index contributed by atoms with van der Waals surface area (Å²) in [4.78, 5) is 15.8. The maximum atomic E-state index is 13.8. The third kappa shape index (κ3) is 4.31. The second kappa shape index (κ2) is 9.47. The van der Waals surface area contributed by atoms with Gasteiger partial charge in [-0.25, -0.2) is 4.68 Å². The molecule has 2 aliphatic heterocycles. The van der Waals surface area contributed by atoms with Crippen molar-refractivity contribution < 1.29 is 9.53 Å². The van der Waals surface area contributed by atoms with Crippen molar-refractivity contribution in [3.63, 3.8) is 0 Å². The maximum Gasteiger partial charge on any atom is 0.238 e. The number of ether oxygens (including phenoxy) is 1. The normalized spacial score (nSPS) is 22.4. The van der Waals surface area contributed by atoms with Crippen molar-refractivity contribution in [3.8, 4) is 17.1 Å². The van der Waals surface area contributed by atoms with Crippen molar-refractivity contribution in [2.24, 2.45) is 0 Å². The van der Waals surface area contributed by atoms with Gasteiger partial charge >= 0.3 is 0 Å². The molecule has 0 aliphatic carbocycles. The van der Waals surface area contributed by atoms with Gasteiger partial charge in [0.15, 0.2) is 5.82 Å². The van der Waals surface area contributed by atoms with E-state index in [0.717, 1.165) is 42.1 Å². The van der Waals surface area contributed by atoms with Crippen LogP contribution in [0, 0.1) is 0 Å². The molecule has 172 valence electrons. The zero-order chi connectivity index (χ0) is 22.8. The molecule has 0 saturated carbocycles. The quantitative estimate of drug-likeness (QED) is 0.601. The number of hydrogen-bond donors (Lipinski definition) is 1. The summed E-state index contributed by atoms with van der Waals surface area (Å²) in [5.41, 5.74) is 5.59. The number of aromatic nitrogens is 3. The Kier molecular flexibility index (Phi) is 6.26. The molecular formula is C25H29N5O2S. The van der Waals surface area contributed by atoms with Gasteiger partial charge in [0, 0.05) is 18.2 Å². The van der Waals surface area contributed by atoms with Crippen LogP contribution in [0.15, 0.2) is 59.8 Å². The number of rotatable bonds is 5. The van der Waals surface area contributed by atoms with E-state index in [1.54, 1.807) is 0 Å². The van der Waals surface area contributed by atoms with Crippen molar-refractivity contribution in [1.82, 2.24) is 19.8 Å². The first-order valence-corrected chi connectivity index (χ1v) is 12.5. The first-order chi connectivity index (χ1) is 16.2. The first-order valence-electron chi connectivity index (χ1n) is 11.6. The summed E-state index contributed by atoms with van der Waals surface area (Å²) < 4.78 is 7.55. The van der Waals surface area contributed by atoms with E-state index in [1.807, 2.05) is 66.2 Å². The highest BCUT2D eigenvalue weighted by Crippen LogP contribution is 2.40. The zero-order valence-electron chi connectivity index (χ0n) is 19.0. The van der Waals surface area contributed by atoms with Crippen molar-refractivity contribution >= 4 is 17.7 Å². The second-order valence-electron chi connectivity index (χ2n) is 8.53. The fraction of sp³-hybridized carbons (Fsp3) is 0.400. The molecule has 1 aromatic heterocycles. The number of carbonyl (C=O) groups is 1. The minimum Gasteiger partial charge on any atom is -0.494 e. The Hall–Kier alpha value is -3.00. The van der Waals surface area contributed by atoms with Gasteiger partial charge in [0.1, 0.15) is 11.0 Å². The molecule has 3 atom stereocenters. The molecule has 7 nitrogen and oxygen atoms in total. The van der Waals surface area contributed by atoms with E-state index in [9.17, 15) is 4.79 Å². The summed E-state index contributed by atoms with van der Waals surface area (Å²) in [6.07, 6.45) is 3.29. The molecule has 0 unspecified atom stereocenters. The summed E-state index contributed by atoms with van der Waals surface area (Å²) in [5.74, 6) is 1.73. The monoisotopic (exact) mass is 463 g/mol. The number of fused-ring (bicyclic) bond motifs is 1. The first kappa shape index (κ1) is 21.8. The van der Waals surface area contributed by atoms with E-state index in [1.165, 1.54) is 18.2 Å². The van der Waals surface area contributed by atoms with E-state index < -0.39 is 0 Å². The average Bonchev–Trinajstić information content (AvgIpc) is 3.27. The smallest absolute Gasteiger partial charge is 0.238 e. The Morgan fingerprint density at radius 3 is 2.64 bits per heavy atom. The second-order valence-corrected chi connectivity index (χ2v) is 9.64. The molecule has 0 bridgehead atoms. The van der Waals surface area contributed by atoms with Gasteiger partial charge in [-0.15, -0.1) is 10.2 Å². The van der Waals surface area contributed by atoms with Crippen LogP contribution in [0.3, 0.4) is 0 Å². The van der Waals surface area contributed by atoms with Crippen molar-refractivity contribution in [3.05, 3.63) is 60.2 Å². The third-order valence-electron chi connectivity index (χ3n) is 6.35. The number of likely N-dealkylation sites (tertiary alicyclic amines) is 1. The van der Waals surface area contributed by atoms with Crippen LogP contribution in [-0.4, -0.2) is 50.1 Å². The standard InChI is InChI=1S/C25H29N5O2S/c1-3-32-20-14-12-18(13-15-20)21-22(24(31)29-16-8-7-9-17(29)2)33-25-27-26-23(30(25)28-21)19-10-5-4-6-11-19/h4-6,10-15,17,21-22,28H,3,7-9,16H2,1-2H3/t17-,21+,22-/m1/s1.